The second-order valence-electron chi connectivity index (χ2n) is 7.19. The van der Waals surface area contributed by atoms with Gasteiger partial charge in [-0.25, -0.2) is 4.98 Å². The molecule has 3 rings (SSSR count). The van der Waals surface area contributed by atoms with Crippen molar-refractivity contribution in [1.29, 1.82) is 0 Å². The summed E-state index contributed by atoms with van der Waals surface area (Å²) in [5, 5.41) is 4.16. The molecule has 9 heteroatoms. The highest BCUT2D eigenvalue weighted by atomic mass is 35.5. The van der Waals surface area contributed by atoms with Crippen molar-refractivity contribution in [3.8, 4) is 0 Å². The van der Waals surface area contributed by atoms with E-state index in [1.54, 1.807) is 25.1 Å². The van der Waals surface area contributed by atoms with Crippen molar-refractivity contribution in [2.24, 2.45) is 0 Å². The average molecular weight is 453 g/mol. The van der Waals surface area contributed by atoms with Gasteiger partial charge in [0.2, 0.25) is 5.91 Å². The lowest BCUT2D eigenvalue weighted by Crippen LogP contribution is -2.36. The molecule has 154 valence electrons. The van der Waals surface area contributed by atoms with Crippen LogP contribution in [-0.4, -0.2) is 34.5 Å². The first-order chi connectivity index (χ1) is 13.6. The molecule has 0 aliphatic carbocycles. The minimum atomic E-state index is -0.788. The minimum Gasteiger partial charge on any atom is -0.323 e. The van der Waals surface area contributed by atoms with Gasteiger partial charge in [0.1, 0.15) is 16.7 Å². The predicted molar refractivity (Wildman–Crippen MR) is 121 cm³/mol. The van der Waals surface area contributed by atoms with Crippen LogP contribution in [0.2, 0.25) is 10.0 Å². The Bertz CT molecular complexity index is 1150. The van der Waals surface area contributed by atoms with Crippen molar-refractivity contribution in [2.75, 3.05) is 19.4 Å². The third kappa shape index (κ3) is 4.33. The van der Waals surface area contributed by atoms with E-state index in [1.165, 1.54) is 15.9 Å². The lowest BCUT2D eigenvalue weighted by atomic mass is 10.2. The molecule has 0 aliphatic heterocycles. The molecule has 29 heavy (non-hydrogen) atoms. The van der Waals surface area contributed by atoms with Crippen molar-refractivity contribution in [1.82, 2.24) is 14.5 Å². The normalized spacial score (nSPS) is 12.6. The van der Waals surface area contributed by atoms with Crippen LogP contribution in [-0.2, 0) is 11.3 Å². The molecule has 0 saturated carbocycles. The number of amides is 1. The van der Waals surface area contributed by atoms with E-state index in [4.69, 9.17) is 28.2 Å². The van der Waals surface area contributed by atoms with Crippen molar-refractivity contribution in [3.63, 3.8) is 0 Å². The molecule has 2 aromatic heterocycles. The van der Waals surface area contributed by atoms with Gasteiger partial charge < -0.3 is 10.2 Å². The largest absolute Gasteiger partial charge is 0.323 e. The molecule has 1 unspecified atom stereocenters. The number of carbonyl (C=O) groups excluding carboxylic acids is 1. The van der Waals surface area contributed by atoms with Crippen LogP contribution >= 0.6 is 34.5 Å². The molecule has 1 aromatic carbocycles. The molecule has 0 aliphatic rings. The van der Waals surface area contributed by atoms with Gasteiger partial charge in [-0.05, 0) is 58.6 Å². The van der Waals surface area contributed by atoms with Crippen molar-refractivity contribution < 1.29 is 4.79 Å². The van der Waals surface area contributed by atoms with Gasteiger partial charge in [0.15, 0.2) is 0 Å². The van der Waals surface area contributed by atoms with Crippen molar-refractivity contribution in [2.45, 2.75) is 33.4 Å². The standard InChI is InChI=1S/C20H22Cl2N4O2S/c1-10-12(3)29-19-17(10)20(28)26(16(24-19)9-25(4)5)11(2)18(27)23-15-8-13(21)6-7-14(15)22/h6-8,11H,9H2,1-5H3,(H,23,27). The first kappa shape index (κ1) is 21.8. The lowest BCUT2D eigenvalue weighted by Gasteiger charge is -2.21. The van der Waals surface area contributed by atoms with Crippen molar-refractivity contribution in [3.05, 3.63) is 54.9 Å². The molecule has 0 saturated heterocycles. The maximum atomic E-state index is 13.4. The number of halogens is 2. The first-order valence-electron chi connectivity index (χ1n) is 9.02. The van der Waals surface area contributed by atoms with Gasteiger partial charge in [-0.15, -0.1) is 11.3 Å². The maximum absolute atomic E-state index is 13.4. The second kappa shape index (κ2) is 8.44. The monoisotopic (exact) mass is 452 g/mol. The SMILES string of the molecule is Cc1sc2nc(CN(C)C)n(C(C)C(=O)Nc3cc(Cl)ccc3Cl)c(=O)c2c1C. The molecule has 1 amide bonds. The van der Waals surface area contributed by atoms with E-state index in [9.17, 15) is 9.59 Å². The first-order valence-corrected chi connectivity index (χ1v) is 10.6. The summed E-state index contributed by atoms with van der Waals surface area (Å²) in [5.41, 5.74) is 1.08. The number of nitrogens with one attached hydrogen (secondary N) is 1. The molecule has 0 bridgehead atoms. The lowest BCUT2D eigenvalue weighted by molar-refractivity contribution is -0.119. The Labute approximate surface area is 183 Å². The average Bonchev–Trinajstić information content (AvgIpc) is 2.91. The summed E-state index contributed by atoms with van der Waals surface area (Å²) in [4.78, 5) is 34.7. The van der Waals surface area contributed by atoms with Crippen LogP contribution in [0.1, 0.15) is 29.2 Å². The molecule has 0 spiro atoms. The Morgan fingerprint density at radius 2 is 2.00 bits per heavy atom. The number of anilines is 1. The molecule has 1 atom stereocenters. The summed E-state index contributed by atoms with van der Waals surface area (Å²) in [6.45, 7) is 5.98. The number of aromatic nitrogens is 2. The molecule has 1 N–H and O–H groups in total. The Hall–Kier alpha value is -1.93. The molecular formula is C20H22Cl2N4O2S. The zero-order valence-electron chi connectivity index (χ0n) is 16.8. The maximum Gasteiger partial charge on any atom is 0.263 e. The number of hydrogen-bond acceptors (Lipinski definition) is 5. The van der Waals surface area contributed by atoms with Crippen LogP contribution in [0.3, 0.4) is 0 Å². The Morgan fingerprint density at radius 1 is 1.31 bits per heavy atom. The summed E-state index contributed by atoms with van der Waals surface area (Å²) < 4.78 is 1.47. The fourth-order valence-corrected chi connectivity index (χ4v) is 4.47. The zero-order chi connectivity index (χ0) is 21.5. The molecule has 3 aromatic rings. The van der Waals surface area contributed by atoms with E-state index < -0.39 is 6.04 Å². The Morgan fingerprint density at radius 3 is 2.66 bits per heavy atom. The number of hydrogen-bond donors (Lipinski definition) is 1. The van der Waals surface area contributed by atoms with Crippen LogP contribution in [0.15, 0.2) is 23.0 Å². The van der Waals surface area contributed by atoms with Crippen LogP contribution in [0.25, 0.3) is 10.2 Å². The fourth-order valence-electron chi connectivity index (χ4n) is 3.09. The minimum absolute atomic E-state index is 0.214. The molecule has 0 radical (unpaired) electrons. The van der Waals surface area contributed by atoms with E-state index in [0.717, 1.165) is 10.4 Å². The van der Waals surface area contributed by atoms with Crippen LogP contribution in [0.4, 0.5) is 5.69 Å². The smallest absolute Gasteiger partial charge is 0.263 e. The van der Waals surface area contributed by atoms with Gasteiger partial charge in [0, 0.05) is 9.90 Å². The van der Waals surface area contributed by atoms with Crippen LogP contribution < -0.4 is 10.9 Å². The van der Waals surface area contributed by atoms with E-state index in [0.29, 0.717) is 38.3 Å². The number of carbonyl (C=O) groups is 1. The summed E-state index contributed by atoms with van der Waals surface area (Å²) in [6.07, 6.45) is 0. The summed E-state index contributed by atoms with van der Waals surface area (Å²) >= 11 is 13.7. The van der Waals surface area contributed by atoms with E-state index in [2.05, 4.69) is 5.32 Å². The molecular weight excluding hydrogens is 431 g/mol. The topological polar surface area (TPSA) is 67.2 Å². The fraction of sp³-hybridized carbons (Fsp3) is 0.350. The number of aryl methyl sites for hydroxylation is 2. The quantitative estimate of drug-likeness (QED) is 0.611. The molecule has 6 nitrogen and oxygen atoms in total. The third-order valence-corrected chi connectivity index (χ3v) is 6.38. The highest BCUT2D eigenvalue weighted by Gasteiger charge is 2.24. The van der Waals surface area contributed by atoms with E-state index in [-0.39, 0.29) is 11.5 Å². The predicted octanol–water partition coefficient (Wildman–Crippen LogP) is 4.64. The summed E-state index contributed by atoms with van der Waals surface area (Å²) in [7, 11) is 3.78. The van der Waals surface area contributed by atoms with Gasteiger partial charge in [0.25, 0.3) is 5.56 Å². The summed E-state index contributed by atoms with van der Waals surface area (Å²) in [6, 6.07) is 4.04. The van der Waals surface area contributed by atoms with E-state index in [1.807, 2.05) is 32.8 Å². The van der Waals surface area contributed by atoms with Crippen LogP contribution in [0, 0.1) is 13.8 Å². The number of benzene rings is 1. The molecule has 0 fully saturated rings. The zero-order valence-corrected chi connectivity index (χ0v) is 19.2. The second-order valence-corrected chi connectivity index (χ2v) is 9.24. The van der Waals surface area contributed by atoms with Crippen molar-refractivity contribution >= 4 is 56.3 Å². The summed E-state index contributed by atoms with van der Waals surface area (Å²) in [5.74, 6) is 0.163. The molecule has 2 heterocycles. The van der Waals surface area contributed by atoms with Crippen LogP contribution in [0.5, 0.6) is 0 Å². The number of fused-ring (bicyclic) bond motifs is 1. The third-order valence-electron chi connectivity index (χ3n) is 4.72. The Balaban J connectivity index is 2.09. The van der Waals surface area contributed by atoms with Gasteiger partial charge in [-0.2, -0.15) is 0 Å². The Kier molecular flexibility index (Phi) is 6.33. The highest BCUT2D eigenvalue weighted by molar-refractivity contribution is 7.18. The van der Waals surface area contributed by atoms with Gasteiger partial charge >= 0.3 is 0 Å². The van der Waals surface area contributed by atoms with Gasteiger partial charge in [-0.3, -0.25) is 14.2 Å². The van der Waals surface area contributed by atoms with E-state index >= 15 is 0 Å². The highest BCUT2D eigenvalue weighted by Crippen LogP contribution is 2.28. The van der Waals surface area contributed by atoms with Gasteiger partial charge in [0.05, 0.1) is 22.6 Å². The number of rotatable bonds is 5. The number of nitrogens with zero attached hydrogens (tertiary/aromatic N) is 3. The number of thiophene rings is 1. The van der Waals surface area contributed by atoms with Gasteiger partial charge in [-0.1, -0.05) is 23.2 Å².